The Kier molecular flexibility index (Phi) is 7.14. The summed E-state index contributed by atoms with van der Waals surface area (Å²) >= 11 is 0. The van der Waals surface area contributed by atoms with E-state index in [1.165, 1.54) is 18.2 Å². The van der Waals surface area contributed by atoms with Gasteiger partial charge in [-0.1, -0.05) is 18.2 Å². The monoisotopic (exact) mass is 512 g/mol. The number of amides is 1. The van der Waals surface area contributed by atoms with Gasteiger partial charge in [0, 0.05) is 12.1 Å². The number of non-ortho nitro benzene ring substituents is 1. The van der Waals surface area contributed by atoms with E-state index in [-0.39, 0.29) is 29.6 Å². The summed E-state index contributed by atoms with van der Waals surface area (Å²) in [6.45, 7) is 1.99. The van der Waals surface area contributed by atoms with Crippen molar-refractivity contribution in [3.05, 3.63) is 112 Å². The Morgan fingerprint density at radius 3 is 2.46 bits per heavy atom. The van der Waals surface area contributed by atoms with E-state index < -0.39 is 28.3 Å². The zero-order valence-corrected chi connectivity index (χ0v) is 19.2. The molecule has 0 aliphatic rings. The van der Waals surface area contributed by atoms with Gasteiger partial charge in [0.05, 0.1) is 22.2 Å². The molecule has 1 N–H and O–H groups in total. The smallest absolute Gasteiger partial charge is 0.416 e. The summed E-state index contributed by atoms with van der Waals surface area (Å²) in [4.78, 5) is 23.3. The number of nitro benzene ring substituents is 1. The standard InChI is InChI=1S/C26H19F3N2O6/c1-16-4-2-6-20(10-16)35-15-22-8-9-24(37-22)25(32)30-18-12-19(31(33)34)14-23(13-18)36-21-7-3-5-17(11-21)26(27,28)29/h2-14H,15H2,1H3,(H,30,32). The first-order valence-electron chi connectivity index (χ1n) is 10.8. The molecule has 8 nitrogen and oxygen atoms in total. The number of nitrogens with zero attached hydrogens (tertiary/aromatic N) is 1. The van der Waals surface area contributed by atoms with Gasteiger partial charge in [-0.2, -0.15) is 13.2 Å². The summed E-state index contributed by atoms with van der Waals surface area (Å²) < 4.78 is 55.5. The van der Waals surface area contributed by atoms with Crippen LogP contribution in [0.5, 0.6) is 17.2 Å². The molecule has 1 amide bonds. The molecule has 0 atom stereocenters. The highest BCUT2D eigenvalue weighted by Crippen LogP contribution is 2.34. The predicted molar refractivity (Wildman–Crippen MR) is 127 cm³/mol. The number of rotatable bonds is 8. The summed E-state index contributed by atoms with van der Waals surface area (Å²) in [6.07, 6.45) is -4.59. The van der Waals surface area contributed by atoms with Crippen molar-refractivity contribution in [2.75, 3.05) is 5.32 Å². The second kappa shape index (κ2) is 10.4. The Balaban J connectivity index is 1.48. The van der Waals surface area contributed by atoms with Gasteiger partial charge in [0.1, 0.15) is 29.6 Å². The van der Waals surface area contributed by atoms with Crippen LogP contribution in [0.3, 0.4) is 0 Å². The number of ether oxygens (including phenoxy) is 2. The van der Waals surface area contributed by atoms with Crippen LogP contribution in [-0.2, 0) is 12.8 Å². The van der Waals surface area contributed by atoms with Gasteiger partial charge in [-0.3, -0.25) is 14.9 Å². The van der Waals surface area contributed by atoms with E-state index in [4.69, 9.17) is 13.9 Å². The highest BCUT2D eigenvalue weighted by Gasteiger charge is 2.30. The summed E-state index contributed by atoms with van der Waals surface area (Å²) in [7, 11) is 0. The number of benzene rings is 3. The molecule has 0 fully saturated rings. The van der Waals surface area contributed by atoms with Gasteiger partial charge in [-0.15, -0.1) is 0 Å². The lowest BCUT2D eigenvalue weighted by Crippen LogP contribution is -2.11. The van der Waals surface area contributed by atoms with Crippen LogP contribution in [0.2, 0.25) is 0 Å². The molecule has 1 aromatic heterocycles. The predicted octanol–water partition coefficient (Wildman–Crippen LogP) is 7.14. The van der Waals surface area contributed by atoms with E-state index in [9.17, 15) is 28.1 Å². The second-order valence-corrected chi connectivity index (χ2v) is 7.93. The minimum Gasteiger partial charge on any atom is -0.486 e. The van der Waals surface area contributed by atoms with Gasteiger partial charge in [0.15, 0.2) is 5.76 Å². The molecule has 11 heteroatoms. The molecular formula is C26H19F3N2O6. The number of aryl methyl sites for hydroxylation is 1. The molecule has 4 rings (SSSR count). The van der Waals surface area contributed by atoms with Gasteiger partial charge >= 0.3 is 6.18 Å². The van der Waals surface area contributed by atoms with Crippen LogP contribution in [-0.4, -0.2) is 10.8 Å². The average Bonchev–Trinajstić information content (AvgIpc) is 3.32. The zero-order chi connectivity index (χ0) is 26.6. The molecule has 190 valence electrons. The fraction of sp³-hybridized carbons (Fsp3) is 0.115. The molecule has 0 unspecified atom stereocenters. The summed E-state index contributed by atoms with van der Waals surface area (Å²) in [5.41, 5.74) is -0.379. The Morgan fingerprint density at radius 1 is 0.973 bits per heavy atom. The largest absolute Gasteiger partial charge is 0.486 e. The molecule has 1 heterocycles. The van der Waals surface area contributed by atoms with E-state index in [1.54, 1.807) is 12.1 Å². The van der Waals surface area contributed by atoms with Crippen LogP contribution >= 0.6 is 0 Å². The number of nitro groups is 1. The molecule has 4 aromatic rings. The average molecular weight is 512 g/mol. The van der Waals surface area contributed by atoms with Gasteiger partial charge in [0.25, 0.3) is 11.6 Å². The van der Waals surface area contributed by atoms with Crippen molar-refractivity contribution in [3.63, 3.8) is 0 Å². The Bertz CT molecular complexity index is 1450. The van der Waals surface area contributed by atoms with Gasteiger partial charge < -0.3 is 19.2 Å². The van der Waals surface area contributed by atoms with E-state index in [1.807, 2.05) is 25.1 Å². The number of furan rings is 1. The van der Waals surface area contributed by atoms with Gasteiger partial charge in [-0.05, 0) is 55.0 Å². The first-order valence-corrected chi connectivity index (χ1v) is 10.8. The summed E-state index contributed by atoms with van der Waals surface area (Å²) in [6, 6.07) is 17.8. The molecule has 0 saturated carbocycles. The minimum absolute atomic E-state index is 0.0184. The molecule has 0 aliphatic carbocycles. The minimum atomic E-state index is -4.59. The molecule has 3 aromatic carbocycles. The van der Waals surface area contributed by atoms with Crippen molar-refractivity contribution < 1.29 is 36.8 Å². The Hall–Kier alpha value is -4.80. The molecule has 0 spiro atoms. The number of nitrogens with one attached hydrogen (secondary N) is 1. The van der Waals surface area contributed by atoms with E-state index in [0.717, 1.165) is 35.9 Å². The van der Waals surface area contributed by atoms with E-state index in [0.29, 0.717) is 11.5 Å². The summed E-state index contributed by atoms with van der Waals surface area (Å²) in [5.74, 6) is -0.0963. The topological polar surface area (TPSA) is 104 Å². The van der Waals surface area contributed by atoms with Crippen molar-refractivity contribution in [1.29, 1.82) is 0 Å². The van der Waals surface area contributed by atoms with Crippen LogP contribution in [0.15, 0.2) is 83.3 Å². The van der Waals surface area contributed by atoms with Crippen LogP contribution in [0.25, 0.3) is 0 Å². The third-order valence-electron chi connectivity index (χ3n) is 5.01. The maximum absolute atomic E-state index is 13.0. The third kappa shape index (κ3) is 6.66. The number of hydrogen-bond donors (Lipinski definition) is 1. The third-order valence-corrected chi connectivity index (χ3v) is 5.01. The van der Waals surface area contributed by atoms with Crippen LogP contribution in [0.1, 0.15) is 27.4 Å². The van der Waals surface area contributed by atoms with Crippen molar-refractivity contribution in [2.24, 2.45) is 0 Å². The fourth-order valence-electron chi connectivity index (χ4n) is 3.32. The number of halogens is 3. The SMILES string of the molecule is Cc1cccc(OCc2ccc(C(=O)Nc3cc(Oc4cccc(C(F)(F)F)c4)cc([N+](=O)[O-])c3)o2)c1. The van der Waals surface area contributed by atoms with Crippen molar-refractivity contribution in [3.8, 4) is 17.2 Å². The lowest BCUT2D eigenvalue weighted by atomic mass is 10.2. The van der Waals surface area contributed by atoms with E-state index in [2.05, 4.69) is 5.32 Å². The van der Waals surface area contributed by atoms with Crippen LogP contribution in [0, 0.1) is 17.0 Å². The maximum Gasteiger partial charge on any atom is 0.416 e. The first-order chi connectivity index (χ1) is 17.6. The van der Waals surface area contributed by atoms with Crippen molar-refractivity contribution in [2.45, 2.75) is 19.7 Å². The van der Waals surface area contributed by atoms with Gasteiger partial charge in [-0.25, -0.2) is 0 Å². The lowest BCUT2D eigenvalue weighted by Gasteiger charge is -2.11. The molecular weight excluding hydrogens is 493 g/mol. The van der Waals surface area contributed by atoms with Crippen molar-refractivity contribution in [1.82, 2.24) is 0 Å². The normalized spacial score (nSPS) is 11.1. The quantitative estimate of drug-likeness (QED) is 0.199. The fourth-order valence-corrected chi connectivity index (χ4v) is 3.32. The highest BCUT2D eigenvalue weighted by atomic mass is 19.4. The maximum atomic E-state index is 13.0. The molecule has 0 radical (unpaired) electrons. The Morgan fingerprint density at radius 2 is 1.73 bits per heavy atom. The molecule has 0 aliphatic heterocycles. The number of hydrogen-bond acceptors (Lipinski definition) is 6. The Labute approximate surface area is 208 Å². The first kappa shape index (κ1) is 25.3. The second-order valence-electron chi connectivity index (χ2n) is 7.93. The van der Waals surface area contributed by atoms with Gasteiger partial charge in [0.2, 0.25) is 0 Å². The number of anilines is 1. The van der Waals surface area contributed by atoms with Crippen LogP contribution in [0.4, 0.5) is 24.5 Å². The van der Waals surface area contributed by atoms with Crippen molar-refractivity contribution >= 4 is 17.3 Å². The molecule has 37 heavy (non-hydrogen) atoms. The number of carbonyl (C=O) groups excluding carboxylic acids is 1. The molecule has 0 saturated heterocycles. The number of carbonyl (C=O) groups is 1. The van der Waals surface area contributed by atoms with Crippen LogP contribution < -0.4 is 14.8 Å². The molecule has 0 bridgehead atoms. The zero-order valence-electron chi connectivity index (χ0n) is 19.2. The lowest BCUT2D eigenvalue weighted by molar-refractivity contribution is -0.384. The number of alkyl halides is 3. The highest BCUT2D eigenvalue weighted by molar-refractivity contribution is 6.02. The van der Waals surface area contributed by atoms with E-state index >= 15 is 0 Å². The summed E-state index contributed by atoms with van der Waals surface area (Å²) in [5, 5.41) is 13.8.